The van der Waals surface area contributed by atoms with Gasteiger partial charge in [-0.15, -0.1) is 0 Å². The van der Waals surface area contributed by atoms with E-state index in [4.69, 9.17) is 5.73 Å². The lowest BCUT2D eigenvalue weighted by Crippen LogP contribution is -2.55. The molecule has 10 nitrogen and oxygen atoms in total. The van der Waals surface area contributed by atoms with Crippen LogP contribution in [0.2, 0.25) is 0 Å². The van der Waals surface area contributed by atoms with Gasteiger partial charge in [-0.2, -0.15) is 12.6 Å². The number of nitrogens with one attached hydrogen (secondary N) is 4. The highest BCUT2D eigenvalue weighted by Gasteiger charge is 2.28. The maximum Gasteiger partial charge on any atom is 0.327 e. The molecular formula is C20H24N6O4S. The molecule has 3 rings (SSSR count). The minimum atomic E-state index is -1.22. The summed E-state index contributed by atoms with van der Waals surface area (Å²) in [6.07, 6.45) is 5.13. The summed E-state index contributed by atoms with van der Waals surface area (Å²) in [6, 6.07) is 4.54. The summed E-state index contributed by atoms with van der Waals surface area (Å²) in [5, 5.41) is 15.2. The Morgan fingerprint density at radius 1 is 1.10 bits per heavy atom. The second-order valence-corrected chi connectivity index (χ2v) is 7.46. The molecule has 7 N–H and O–H groups in total. The number of para-hydroxylation sites is 1. The summed E-state index contributed by atoms with van der Waals surface area (Å²) >= 11 is 3.95. The fraction of sp³-hybridized carbons (Fsp3) is 0.300. The molecule has 0 aliphatic heterocycles. The molecule has 2 heterocycles. The minimum absolute atomic E-state index is 0.0914. The third kappa shape index (κ3) is 5.64. The monoisotopic (exact) mass is 444 g/mol. The number of aromatic amines is 2. The third-order valence-corrected chi connectivity index (χ3v) is 5.23. The molecular weight excluding hydrogens is 420 g/mol. The zero-order valence-electron chi connectivity index (χ0n) is 16.5. The first kappa shape index (κ1) is 22.4. The second kappa shape index (κ2) is 10.1. The van der Waals surface area contributed by atoms with Crippen LogP contribution in [0.3, 0.4) is 0 Å². The van der Waals surface area contributed by atoms with Crippen molar-refractivity contribution in [3.8, 4) is 0 Å². The number of rotatable bonds is 10. The predicted octanol–water partition coefficient (Wildman–Crippen LogP) is -0.0125. The number of thiol groups is 1. The fourth-order valence-corrected chi connectivity index (χ4v) is 3.44. The average Bonchev–Trinajstić information content (AvgIpc) is 3.41. The Kier molecular flexibility index (Phi) is 7.32. The Bertz CT molecular complexity index is 1050. The van der Waals surface area contributed by atoms with Gasteiger partial charge >= 0.3 is 5.97 Å². The number of aliphatic carboxylic acids is 1. The maximum atomic E-state index is 12.8. The highest BCUT2D eigenvalue weighted by atomic mass is 32.1. The molecule has 0 aliphatic rings. The number of H-pyrrole nitrogens is 2. The summed E-state index contributed by atoms with van der Waals surface area (Å²) in [4.78, 5) is 46.6. The minimum Gasteiger partial charge on any atom is -0.480 e. The molecule has 3 atom stereocenters. The van der Waals surface area contributed by atoms with Crippen molar-refractivity contribution in [1.29, 1.82) is 0 Å². The molecule has 164 valence electrons. The van der Waals surface area contributed by atoms with Crippen molar-refractivity contribution in [3.05, 3.63) is 54.2 Å². The highest BCUT2D eigenvalue weighted by Crippen LogP contribution is 2.18. The van der Waals surface area contributed by atoms with Gasteiger partial charge in [0.2, 0.25) is 11.8 Å². The van der Waals surface area contributed by atoms with Crippen molar-refractivity contribution in [3.63, 3.8) is 0 Å². The van der Waals surface area contributed by atoms with E-state index >= 15 is 0 Å². The van der Waals surface area contributed by atoms with E-state index in [-0.39, 0.29) is 18.6 Å². The molecule has 3 aromatic rings. The van der Waals surface area contributed by atoms with Gasteiger partial charge in [-0.05, 0) is 18.1 Å². The van der Waals surface area contributed by atoms with Crippen molar-refractivity contribution < 1.29 is 19.5 Å². The normalized spacial score (nSPS) is 14.0. The van der Waals surface area contributed by atoms with Crippen molar-refractivity contribution >= 4 is 41.3 Å². The van der Waals surface area contributed by atoms with E-state index in [1.165, 1.54) is 12.5 Å². The van der Waals surface area contributed by atoms with Crippen LogP contribution in [-0.2, 0) is 27.2 Å². The number of imidazole rings is 1. The van der Waals surface area contributed by atoms with Crippen LogP contribution in [0.4, 0.5) is 0 Å². The van der Waals surface area contributed by atoms with Crippen molar-refractivity contribution in [2.75, 3.05) is 5.75 Å². The Hall–Kier alpha value is -3.31. The number of carbonyl (C=O) groups excluding carboxylic acids is 2. The molecule has 0 bridgehead atoms. The molecule has 0 fully saturated rings. The van der Waals surface area contributed by atoms with Gasteiger partial charge < -0.3 is 31.4 Å². The Labute approximate surface area is 183 Å². The summed E-state index contributed by atoms with van der Waals surface area (Å²) in [6.45, 7) is 0. The quantitative estimate of drug-likeness (QED) is 0.217. The molecule has 1 aromatic carbocycles. The van der Waals surface area contributed by atoms with Gasteiger partial charge in [-0.25, -0.2) is 9.78 Å². The van der Waals surface area contributed by atoms with Gasteiger partial charge in [0.15, 0.2) is 0 Å². The summed E-state index contributed by atoms with van der Waals surface area (Å²) < 4.78 is 0. The number of aromatic nitrogens is 3. The number of benzene rings is 1. The van der Waals surface area contributed by atoms with E-state index in [0.29, 0.717) is 5.69 Å². The van der Waals surface area contributed by atoms with Crippen LogP contribution in [0.15, 0.2) is 43.0 Å². The molecule has 2 amide bonds. The lowest BCUT2D eigenvalue weighted by molar-refractivity contribution is -0.141. The molecule has 0 saturated carbocycles. The number of nitrogens with zero attached hydrogens (tertiary/aromatic N) is 1. The smallest absolute Gasteiger partial charge is 0.327 e. The van der Waals surface area contributed by atoms with Gasteiger partial charge in [0, 0.05) is 41.2 Å². The average molecular weight is 445 g/mol. The van der Waals surface area contributed by atoms with Crippen molar-refractivity contribution in [1.82, 2.24) is 25.6 Å². The molecule has 0 spiro atoms. The maximum absolute atomic E-state index is 12.8. The van der Waals surface area contributed by atoms with Crippen LogP contribution in [0.25, 0.3) is 10.9 Å². The number of hydrogen-bond donors (Lipinski definition) is 7. The Morgan fingerprint density at radius 2 is 1.84 bits per heavy atom. The number of nitrogens with two attached hydrogens (primary N) is 1. The Morgan fingerprint density at radius 3 is 2.52 bits per heavy atom. The number of hydrogen-bond acceptors (Lipinski definition) is 6. The SMILES string of the molecule is NC(Cc1c[nH]c2ccccc12)C(=O)NC(Cc1cnc[nH]1)C(=O)NC(CS)C(=O)O. The van der Waals surface area contributed by atoms with E-state index < -0.39 is 35.9 Å². The van der Waals surface area contributed by atoms with Crippen molar-refractivity contribution in [2.45, 2.75) is 31.0 Å². The van der Waals surface area contributed by atoms with E-state index in [1.54, 1.807) is 6.20 Å². The van der Waals surface area contributed by atoms with Crippen LogP contribution < -0.4 is 16.4 Å². The molecule has 0 aliphatic carbocycles. The third-order valence-electron chi connectivity index (χ3n) is 4.86. The van der Waals surface area contributed by atoms with E-state index in [9.17, 15) is 19.5 Å². The number of amides is 2. The molecule has 3 unspecified atom stereocenters. The lowest BCUT2D eigenvalue weighted by atomic mass is 10.0. The van der Waals surface area contributed by atoms with Crippen LogP contribution in [-0.4, -0.2) is 61.7 Å². The standard InChI is InChI=1S/C20H24N6O4S/c21-14(5-11-7-23-15-4-2-1-3-13(11)15)18(27)25-16(6-12-8-22-10-24-12)19(28)26-17(9-31)20(29)30/h1-4,7-8,10,14,16-17,23,31H,5-6,9,21H2,(H,22,24)(H,25,27)(H,26,28)(H,29,30). The van der Waals surface area contributed by atoms with E-state index in [0.717, 1.165) is 16.5 Å². The van der Waals surface area contributed by atoms with E-state index in [1.807, 2.05) is 24.3 Å². The predicted molar refractivity (Wildman–Crippen MR) is 118 cm³/mol. The summed E-state index contributed by atoms with van der Waals surface area (Å²) in [5.74, 6) is -2.48. The first-order valence-electron chi connectivity index (χ1n) is 9.61. The largest absolute Gasteiger partial charge is 0.480 e. The van der Waals surface area contributed by atoms with Crippen LogP contribution in [0, 0.1) is 0 Å². The van der Waals surface area contributed by atoms with Gasteiger partial charge in [0.1, 0.15) is 12.1 Å². The molecule has 0 saturated heterocycles. The number of carboxylic acid groups (broad SMARTS) is 1. The Balaban J connectivity index is 1.70. The zero-order chi connectivity index (χ0) is 22.4. The molecule has 0 radical (unpaired) electrons. The van der Waals surface area contributed by atoms with Crippen LogP contribution >= 0.6 is 12.6 Å². The molecule has 2 aromatic heterocycles. The lowest BCUT2D eigenvalue weighted by Gasteiger charge is -2.22. The first-order valence-corrected chi connectivity index (χ1v) is 10.2. The zero-order valence-corrected chi connectivity index (χ0v) is 17.4. The van der Waals surface area contributed by atoms with Crippen LogP contribution in [0.1, 0.15) is 11.3 Å². The summed E-state index contributed by atoms with van der Waals surface area (Å²) in [5.41, 5.74) is 8.53. The topological polar surface area (TPSA) is 166 Å². The number of carbonyl (C=O) groups is 3. The first-order chi connectivity index (χ1) is 14.9. The van der Waals surface area contributed by atoms with Gasteiger partial charge in [-0.3, -0.25) is 9.59 Å². The van der Waals surface area contributed by atoms with Gasteiger partial charge in [0.25, 0.3) is 0 Å². The van der Waals surface area contributed by atoms with Crippen molar-refractivity contribution in [2.24, 2.45) is 5.73 Å². The van der Waals surface area contributed by atoms with Gasteiger partial charge in [-0.1, -0.05) is 18.2 Å². The molecule has 11 heteroatoms. The van der Waals surface area contributed by atoms with Crippen LogP contribution in [0.5, 0.6) is 0 Å². The highest BCUT2D eigenvalue weighted by molar-refractivity contribution is 7.80. The van der Waals surface area contributed by atoms with Gasteiger partial charge in [0.05, 0.1) is 12.4 Å². The summed E-state index contributed by atoms with van der Waals surface area (Å²) in [7, 11) is 0. The number of fused-ring (bicyclic) bond motifs is 1. The fourth-order valence-electron chi connectivity index (χ4n) is 3.19. The number of carboxylic acids is 1. The molecule has 31 heavy (non-hydrogen) atoms. The second-order valence-electron chi connectivity index (χ2n) is 7.09. The van der Waals surface area contributed by atoms with E-state index in [2.05, 4.69) is 38.2 Å².